The van der Waals surface area contributed by atoms with Crippen molar-refractivity contribution in [2.24, 2.45) is 51.5 Å². The van der Waals surface area contributed by atoms with Crippen LogP contribution in [0.4, 0.5) is 0 Å². The Balaban J connectivity index is 0.00000164. The Morgan fingerprint density at radius 3 is 2.45 bits per heavy atom. The molecule has 0 spiro atoms. The van der Waals surface area contributed by atoms with Crippen molar-refractivity contribution in [3.8, 4) is 0 Å². The second-order valence-electron chi connectivity index (χ2n) is 14.8. The molecule has 4 aliphatic rings. The highest BCUT2D eigenvalue weighted by molar-refractivity contribution is 7.77. The van der Waals surface area contributed by atoms with Gasteiger partial charge in [0, 0.05) is 11.4 Å². The molecule has 4 aliphatic carbocycles. The Morgan fingerprint density at radius 1 is 1.03 bits per heavy atom. The lowest BCUT2D eigenvalue weighted by molar-refractivity contribution is -0.135. The summed E-state index contributed by atoms with van der Waals surface area (Å²) in [6.45, 7) is 15.4. The normalized spacial score (nSPS) is 38.3. The third kappa shape index (κ3) is 5.64. The first-order valence-corrected chi connectivity index (χ1v) is 17.1. The molecule has 0 aromatic carbocycles. The van der Waals surface area contributed by atoms with Crippen molar-refractivity contribution in [1.29, 1.82) is 0 Å². The fraction of sp³-hybridized carbons (Fsp3) is 0.848. The van der Waals surface area contributed by atoms with Crippen LogP contribution in [0.5, 0.6) is 0 Å². The van der Waals surface area contributed by atoms with E-state index in [0.717, 1.165) is 53.4 Å². The van der Waals surface area contributed by atoms with Gasteiger partial charge in [0.15, 0.2) is 0 Å². The Morgan fingerprint density at radius 2 is 1.76 bits per heavy atom. The van der Waals surface area contributed by atoms with Gasteiger partial charge in [0.1, 0.15) is 0 Å². The predicted octanol–water partition coefficient (Wildman–Crippen LogP) is 9.03. The van der Waals surface area contributed by atoms with E-state index in [1.807, 2.05) is 6.07 Å². The number of nitrogens with one attached hydrogen (secondary N) is 1. The van der Waals surface area contributed by atoms with E-state index in [0.29, 0.717) is 10.8 Å². The standard InChI is InChI=1S/C33H53NOS.H3NS/c1-7-22-21-24-26-14-13-23(11-10-20-34-30(35)28-15-16-29(36-28)31(2,3)4)32(26,5)19-17-27(24)33(6)18-9-8-12-25(22)33;1-2/h15-16,22-27H,7-14,17-21H2,1-6H3,(H,34,35);2H,1H2/t22-,23?,24?,25?,26?,27-,32?,33?;/m0./s1. The van der Waals surface area contributed by atoms with Gasteiger partial charge < -0.3 is 5.32 Å². The smallest absolute Gasteiger partial charge is 0.261 e. The highest BCUT2D eigenvalue weighted by Crippen LogP contribution is 2.69. The number of fused-ring (bicyclic) bond motifs is 5. The second-order valence-corrected chi connectivity index (χ2v) is 15.9. The van der Waals surface area contributed by atoms with Crippen LogP contribution in [-0.4, -0.2) is 12.5 Å². The summed E-state index contributed by atoms with van der Waals surface area (Å²) in [4.78, 5) is 14.9. The van der Waals surface area contributed by atoms with Crippen molar-refractivity contribution in [2.45, 2.75) is 124 Å². The summed E-state index contributed by atoms with van der Waals surface area (Å²) in [6, 6.07) is 4.13. The van der Waals surface area contributed by atoms with E-state index < -0.39 is 0 Å². The molecule has 1 aromatic rings. The van der Waals surface area contributed by atoms with Gasteiger partial charge in [-0.05, 0) is 122 Å². The first-order valence-electron chi connectivity index (χ1n) is 15.7. The molecular formula is C33H56N2OS2. The third-order valence-corrected chi connectivity index (χ3v) is 13.6. The molecule has 5 heteroatoms. The van der Waals surface area contributed by atoms with Gasteiger partial charge in [-0.1, -0.05) is 60.8 Å². The van der Waals surface area contributed by atoms with Crippen molar-refractivity contribution >= 4 is 30.1 Å². The Kier molecular flexibility index (Phi) is 9.73. The van der Waals surface area contributed by atoms with Gasteiger partial charge in [0.25, 0.3) is 5.91 Å². The molecule has 0 bridgehead atoms. The lowest BCUT2D eigenvalue weighted by Gasteiger charge is -2.62. The lowest BCUT2D eigenvalue weighted by Crippen LogP contribution is -2.55. The highest BCUT2D eigenvalue weighted by Gasteiger charge is 2.60. The summed E-state index contributed by atoms with van der Waals surface area (Å²) in [6.07, 6.45) is 17.2. The monoisotopic (exact) mass is 560 g/mol. The molecule has 1 aromatic heterocycles. The van der Waals surface area contributed by atoms with Crippen LogP contribution in [0.3, 0.4) is 0 Å². The van der Waals surface area contributed by atoms with Crippen molar-refractivity contribution in [2.75, 3.05) is 6.54 Å². The maximum atomic E-state index is 12.7. The van der Waals surface area contributed by atoms with Crippen LogP contribution in [0, 0.1) is 46.3 Å². The van der Waals surface area contributed by atoms with Crippen LogP contribution in [0.25, 0.3) is 0 Å². The molecular weight excluding hydrogens is 505 g/mol. The maximum absolute atomic E-state index is 12.7. The van der Waals surface area contributed by atoms with Gasteiger partial charge in [0.05, 0.1) is 4.88 Å². The number of amides is 1. The first-order chi connectivity index (χ1) is 18.1. The molecule has 0 radical (unpaired) electrons. The molecule has 0 saturated heterocycles. The van der Waals surface area contributed by atoms with Crippen LogP contribution < -0.4 is 10.5 Å². The largest absolute Gasteiger partial charge is 0.351 e. The quantitative estimate of drug-likeness (QED) is 0.240. The average Bonchev–Trinajstić information content (AvgIpc) is 3.52. The van der Waals surface area contributed by atoms with Gasteiger partial charge in [-0.25, -0.2) is 0 Å². The number of carbonyl (C=O) groups is 1. The molecule has 216 valence electrons. The van der Waals surface area contributed by atoms with Crippen molar-refractivity contribution in [3.05, 3.63) is 21.9 Å². The zero-order valence-corrected chi connectivity index (χ0v) is 26.9. The molecule has 3 N–H and O–H groups in total. The van der Waals surface area contributed by atoms with Crippen molar-refractivity contribution in [3.63, 3.8) is 0 Å². The second kappa shape index (κ2) is 12.1. The van der Waals surface area contributed by atoms with Crippen molar-refractivity contribution < 1.29 is 4.79 Å². The number of carbonyl (C=O) groups excluding carboxylic acids is 1. The molecule has 6 unspecified atom stereocenters. The van der Waals surface area contributed by atoms with E-state index in [2.05, 4.69) is 70.9 Å². The van der Waals surface area contributed by atoms with E-state index in [4.69, 9.17) is 0 Å². The Labute approximate surface area is 243 Å². The third-order valence-electron chi connectivity index (χ3n) is 12.1. The van der Waals surface area contributed by atoms with E-state index in [1.54, 1.807) is 11.3 Å². The van der Waals surface area contributed by atoms with Gasteiger partial charge >= 0.3 is 0 Å². The summed E-state index contributed by atoms with van der Waals surface area (Å²) in [5.41, 5.74) is 1.28. The number of hydrogen-bond acceptors (Lipinski definition) is 4. The van der Waals surface area contributed by atoms with Gasteiger partial charge in [0.2, 0.25) is 0 Å². The molecule has 4 saturated carbocycles. The van der Waals surface area contributed by atoms with Crippen molar-refractivity contribution in [1.82, 2.24) is 5.32 Å². The van der Waals surface area contributed by atoms with E-state index >= 15 is 0 Å². The summed E-state index contributed by atoms with van der Waals surface area (Å²) in [5, 5.41) is 7.43. The molecule has 4 fully saturated rings. The number of thiol groups is 1. The molecule has 1 amide bonds. The fourth-order valence-corrected chi connectivity index (χ4v) is 11.1. The summed E-state index contributed by atoms with van der Waals surface area (Å²) in [7, 11) is 0. The summed E-state index contributed by atoms with van der Waals surface area (Å²) in [5.74, 6) is 5.88. The zero-order chi connectivity index (χ0) is 27.7. The minimum Gasteiger partial charge on any atom is -0.351 e. The van der Waals surface area contributed by atoms with Crippen LogP contribution in [0.1, 0.15) is 133 Å². The minimum absolute atomic E-state index is 0.113. The summed E-state index contributed by atoms with van der Waals surface area (Å²) >= 11 is 4.68. The van der Waals surface area contributed by atoms with Crippen LogP contribution in [0.2, 0.25) is 0 Å². The number of nitrogens with two attached hydrogens (primary N) is 1. The van der Waals surface area contributed by atoms with Gasteiger partial charge in [-0.15, -0.1) is 24.2 Å². The SMILES string of the molecule is CC[C@H]1CC2C3CCC(CCCNC(=O)c4ccc(C(C)(C)C)s4)C3(C)CC[C@@H]2C2(C)CCCCC12.NS. The minimum atomic E-state index is 0.113. The van der Waals surface area contributed by atoms with E-state index in [9.17, 15) is 4.79 Å². The fourth-order valence-electron chi connectivity index (χ4n) is 10.1. The first kappa shape index (κ1) is 30.4. The molecule has 0 aliphatic heterocycles. The zero-order valence-electron chi connectivity index (χ0n) is 25.2. The Bertz CT molecular complexity index is 938. The molecule has 5 rings (SSSR count). The predicted molar refractivity (Wildman–Crippen MR) is 167 cm³/mol. The highest BCUT2D eigenvalue weighted by atomic mass is 32.1. The Hall–Kier alpha value is -0.520. The topological polar surface area (TPSA) is 55.1 Å². The van der Waals surface area contributed by atoms with Gasteiger partial charge in [-0.2, -0.15) is 0 Å². The molecule has 3 nitrogen and oxygen atoms in total. The van der Waals surface area contributed by atoms with Crippen LogP contribution >= 0.6 is 24.2 Å². The van der Waals surface area contributed by atoms with Gasteiger partial charge in [-0.3, -0.25) is 9.93 Å². The van der Waals surface area contributed by atoms with E-state index in [-0.39, 0.29) is 11.3 Å². The maximum Gasteiger partial charge on any atom is 0.261 e. The molecule has 8 atom stereocenters. The number of rotatable bonds is 6. The lowest BCUT2D eigenvalue weighted by atomic mass is 9.42. The van der Waals surface area contributed by atoms with E-state index in [1.165, 1.54) is 75.5 Å². The summed E-state index contributed by atoms with van der Waals surface area (Å²) < 4.78 is 0. The number of thiophene rings is 1. The van der Waals surface area contributed by atoms with Crippen LogP contribution in [-0.2, 0) is 5.41 Å². The van der Waals surface area contributed by atoms with Crippen LogP contribution in [0.15, 0.2) is 12.1 Å². The molecule has 1 heterocycles. The average molecular weight is 561 g/mol. The number of hydrogen-bond donors (Lipinski definition) is 3. The molecule has 38 heavy (non-hydrogen) atoms.